The van der Waals surface area contributed by atoms with Gasteiger partial charge < -0.3 is 9.42 Å². The van der Waals surface area contributed by atoms with Crippen LogP contribution in [-0.4, -0.2) is 33.6 Å². The maximum atomic E-state index is 12.8. The fourth-order valence-corrected chi connectivity index (χ4v) is 4.11. The molecule has 0 atom stereocenters. The molecule has 0 aliphatic rings. The summed E-state index contributed by atoms with van der Waals surface area (Å²) in [6.45, 7) is 1.63. The van der Waals surface area contributed by atoms with Gasteiger partial charge in [0.1, 0.15) is 0 Å². The van der Waals surface area contributed by atoms with E-state index >= 15 is 0 Å². The van der Waals surface area contributed by atoms with Gasteiger partial charge in [0.15, 0.2) is 0 Å². The third-order valence-electron chi connectivity index (χ3n) is 3.85. The minimum atomic E-state index is -4.11. The van der Waals surface area contributed by atoms with Crippen molar-refractivity contribution in [3.05, 3.63) is 52.3 Å². The number of benzene rings is 2. The van der Waals surface area contributed by atoms with Gasteiger partial charge in [-0.1, -0.05) is 29.4 Å². The molecule has 0 fully saturated rings. The first-order valence-electron chi connectivity index (χ1n) is 7.60. The van der Waals surface area contributed by atoms with E-state index in [1.54, 1.807) is 25.1 Å². The lowest BCUT2D eigenvalue weighted by Crippen LogP contribution is -2.30. The molecule has 0 bridgehead atoms. The van der Waals surface area contributed by atoms with E-state index in [-0.39, 0.29) is 10.7 Å². The second kappa shape index (κ2) is 6.73. The SMILES string of the molecule is Cc1noc(C(=O)NS(=O)(=O)c2cccc3c(N(C)C)cccc23)c1Br. The van der Waals surface area contributed by atoms with E-state index in [1.807, 2.05) is 35.9 Å². The predicted octanol–water partition coefficient (Wildman–Crippen LogP) is 3.08. The molecule has 0 aliphatic carbocycles. The summed E-state index contributed by atoms with van der Waals surface area (Å²) < 4.78 is 32.9. The van der Waals surface area contributed by atoms with E-state index in [4.69, 9.17) is 4.52 Å². The van der Waals surface area contributed by atoms with Gasteiger partial charge in [-0.05, 0) is 35.0 Å². The normalized spacial score (nSPS) is 11.5. The molecule has 1 amide bonds. The Morgan fingerprint density at radius 3 is 2.42 bits per heavy atom. The standard InChI is InChI=1S/C17H16BrN3O4S/c1-10-15(18)16(25-19-10)17(22)20-26(23,24)14-9-5-6-11-12(14)7-4-8-13(11)21(2)3/h4-9H,1-3H3,(H,20,22). The number of aryl methyl sites for hydroxylation is 1. The zero-order valence-corrected chi connectivity index (χ0v) is 16.7. The number of rotatable bonds is 4. The molecule has 1 aromatic heterocycles. The number of hydrogen-bond donors (Lipinski definition) is 1. The summed E-state index contributed by atoms with van der Waals surface area (Å²) in [7, 11) is -0.358. The summed E-state index contributed by atoms with van der Waals surface area (Å²) in [6, 6.07) is 10.3. The van der Waals surface area contributed by atoms with Crippen molar-refractivity contribution in [1.82, 2.24) is 9.88 Å². The summed E-state index contributed by atoms with van der Waals surface area (Å²) in [4.78, 5) is 14.2. The molecular formula is C17H16BrN3O4S. The van der Waals surface area contributed by atoms with E-state index in [9.17, 15) is 13.2 Å². The average Bonchev–Trinajstić information content (AvgIpc) is 2.92. The molecule has 3 aromatic rings. The highest BCUT2D eigenvalue weighted by Gasteiger charge is 2.26. The Kier molecular flexibility index (Phi) is 4.76. The fourth-order valence-electron chi connectivity index (χ4n) is 2.61. The van der Waals surface area contributed by atoms with Crippen LogP contribution in [0.4, 0.5) is 5.69 Å². The van der Waals surface area contributed by atoms with Crippen LogP contribution in [0.5, 0.6) is 0 Å². The lowest BCUT2D eigenvalue weighted by molar-refractivity contribution is 0.0944. The number of halogens is 1. The maximum Gasteiger partial charge on any atom is 0.304 e. The quantitative estimate of drug-likeness (QED) is 0.673. The van der Waals surface area contributed by atoms with Gasteiger partial charge in [-0.3, -0.25) is 4.79 Å². The first kappa shape index (κ1) is 18.4. The lowest BCUT2D eigenvalue weighted by Gasteiger charge is -2.17. The first-order chi connectivity index (χ1) is 12.2. The van der Waals surface area contributed by atoms with E-state index in [2.05, 4.69) is 21.1 Å². The van der Waals surface area contributed by atoms with Gasteiger partial charge in [-0.2, -0.15) is 0 Å². The molecular weight excluding hydrogens is 422 g/mol. The van der Waals surface area contributed by atoms with Crippen molar-refractivity contribution in [3.63, 3.8) is 0 Å². The van der Waals surface area contributed by atoms with Gasteiger partial charge >= 0.3 is 5.91 Å². The number of nitrogens with one attached hydrogen (secondary N) is 1. The number of carbonyl (C=O) groups excluding carboxylic acids is 1. The summed E-state index contributed by atoms with van der Waals surface area (Å²) in [6.07, 6.45) is 0. The van der Waals surface area contributed by atoms with Gasteiger partial charge in [0.2, 0.25) is 5.76 Å². The number of aromatic nitrogens is 1. The molecule has 0 spiro atoms. The molecule has 7 nitrogen and oxygen atoms in total. The third-order valence-corrected chi connectivity index (χ3v) is 6.18. The van der Waals surface area contributed by atoms with E-state index in [1.165, 1.54) is 6.07 Å². The van der Waals surface area contributed by atoms with Gasteiger partial charge in [-0.15, -0.1) is 0 Å². The lowest BCUT2D eigenvalue weighted by atomic mass is 10.1. The molecule has 0 aliphatic heterocycles. The number of nitrogens with zero attached hydrogens (tertiary/aromatic N) is 2. The second-order valence-corrected chi connectivity index (χ2v) is 8.31. The Morgan fingerprint density at radius 1 is 1.15 bits per heavy atom. The van der Waals surface area contributed by atoms with Crippen LogP contribution in [-0.2, 0) is 10.0 Å². The molecule has 0 radical (unpaired) electrons. The Bertz CT molecular complexity index is 1110. The average molecular weight is 438 g/mol. The molecule has 136 valence electrons. The summed E-state index contributed by atoms with van der Waals surface area (Å²) >= 11 is 3.16. The Balaban J connectivity index is 2.06. The minimum absolute atomic E-state index is 0.0133. The topological polar surface area (TPSA) is 92.5 Å². The molecule has 1 N–H and O–H groups in total. The predicted molar refractivity (Wildman–Crippen MR) is 102 cm³/mol. The fraction of sp³-hybridized carbons (Fsp3) is 0.176. The number of carbonyl (C=O) groups is 1. The van der Waals surface area contributed by atoms with Crippen molar-refractivity contribution in [2.24, 2.45) is 0 Å². The second-order valence-electron chi connectivity index (χ2n) is 5.87. The monoisotopic (exact) mass is 437 g/mol. The van der Waals surface area contributed by atoms with Gasteiger partial charge in [0, 0.05) is 30.6 Å². The summed E-state index contributed by atoms with van der Waals surface area (Å²) in [5.74, 6) is -1.08. The van der Waals surface area contributed by atoms with Crippen LogP contribution in [0.1, 0.15) is 16.2 Å². The van der Waals surface area contributed by atoms with Crippen LogP contribution in [0.3, 0.4) is 0 Å². The summed E-state index contributed by atoms with van der Waals surface area (Å²) in [5, 5.41) is 4.93. The molecule has 9 heteroatoms. The maximum absolute atomic E-state index is 12.8. The number of anilines is 1. The van der Waals surface area contributed by atoms with Crippen molar-refractivity contribution in [1.29, 1.82) is 0 Å². The number of amides is 1. The van der Waals surface area contributed by atoms with Crippen molar-refractivity contribution < 1.29 is 17.7 Å². The highest BCUT2D eigenvalue weighted by atomic mass is 79.9. The zero-order chi connectivity index (χ0) is 19.1. The van der Waals surface area contributed by atoms with Gasteiger partial charge in [0.25, 0.3) is 10.0 Å². The molecule has 1 heterocycles. The Labute approximate surface area is 159 Å². The highest BCUT2D eigenvalue weighted by molar-refractivity contribution is 9.10. The Morgan fingerprint density at radius 2 is 1.81 bits per heavy atom. The first-order valence-corrected chi connectivity index (χ1v) is 9.88. The van der Waals surface area contributed by atoms with Crippen molar-refractivity contribution in [2.75, 3.05) is 19.0 Å². The number of hydrogen-bond acceptors (Lipinski definition) is 6. The smallest absolute Gasteiger partial charge is 0.304 e. The number of fused-ring (bicyclic) bond motifs is 1. The largest absolute Gasteiger partial charge is 0.377 e. The summed E-state index contributed by atoms with van der Waals surface area (Å²) in [5.41, 5.74) is 1.33. The van der Waals surface area contributed by atoms with E-state index < -0.39 is 15.9 Å². The zero-order valence-electron chi connectivity index (χ0n) is 14.3. The molecule has 0 saturated heterocycles. The van der Waals surface area contributed by atoms with Crippen LogP contribution in [0.2, 0.25) is 0 Å². The molecule has 2 aromatic carbocycles. The van der Waals surface area contributed by atoms with E-state index in [0.29, 0.717) is 15.6 Å². The molecule has 26 heavy (non-hydrogen) atoms. The van der Waals surface area contributed by atoms with Crippen LogP contribution in [0.15, 0.2) is 50.3 Å². The van der Waals surface area contributed by atoms with Crippen LogP contribution in [0, 0.1) is 6.92 Å². The highest BCUT2D eigenvalue weighted by Crippen LogP contribution is 2.30. The van der Waals surface area contributed by atoms with Crippen LogP contribution in [0.25, 0.3) is 10.8 Å². The van der Waals surface area contributed by atoms with Gasteiger partial charge in [-0.25, -0.2) is 13.1 Å². The van der Waals surface area contributed by atoms with Crippen LogP contribution < -0.4 is 9.62 Å². The van der Waals surface area contributed by atoms with Crippen molar-refractivity contribution in [3.8, 4) is 0 Å². The molecule has 3 rings (SSSR count). The van der Waals surface area contributed by atoms with Gasteiger partial charge in [0.05, 0.1) is 15.1 Å². The van der Waals surface area contributed by atoms with Crippen LogP contribution >= 0.6 is 15.9 Å². The minimum Gasteiger partial charge on any atom is -0.377 e. The van der Waals surface area contributed by atoms with Crippen molar-refractivity contribution in [2.45, 2.75) is 11.8 Å². The Hall–Kier alpha value is -2.39. The molecule has 0 unspecified atom stereocenters. The number of sulfonamides is 1. The van der Waals surface area contributed by atoms with E-state index in [0.717, 1.165) is 11.1 Å². The van der Waals surface area contributed by atoms with Crippen molar-refractivity contribution >= 4 is 48.3 Å². The third kappa shape index (κ3) is 3.19. The molecule has 0 saturated carbocycles.